The molecule has 1 N–H and O–H groups in total. The standard InChI is InChI=1S/C17H20INO2/c1-11-9-15(20-3)16(21-4)10-14(11)17(19-2)12-5-7-13(18)8-6-12/h5-10,17,19H,1-4H3. The molecule has 0 aliphatic rings. The maximum atomic E-state index is 5.43. The molecule has 1 atom stereocenters. The van der Waals surface area contributed by atoms with Crippen LogP contribution < -0.4 is 14.8 Å². The average Bonchev–Trinajstić information content (AvgIpc) is 2.50. The lowest BCUT2D eigenvalue weighted by Gasteiger charge is -2.21. The van der Waals surface area contributed by atoms with Crippen molar-refractivity contribution in [3.05, 3.63) is 56.7 Å². The first-order valence-electron chi connectivity index (χ1n) is 6.76. The van der Waals surface area contributed by atoms with Crippen molar-refractivity contribution in [1.82, 2.24) is 5.32 Å². The third-order valence-corrected chi connectivity index (χ3v) is 4.29. The van der Waals surface area contributed by atoms with Gasteiger partial charge in [-0.2, -0.15) is 0 Å². The fraction of sp³-hybridized carbons (Fsp3) is 0.294. The van der Waals surface area contributed by atoms with Gasteiger partial charge in [-0.05, 0) is 77.5 Å². The van der Waals surface area contributed by atoms with Gasteiger partial charge in [0.2, 0.25) is 0 Å². The Morgan fingerprint density at radius 1 is 1.00 bits per heavy atom. The van der Waals surface area contributed by atoms with E-state index in [9.17, 15) is 0 Å². The number of aryl methyl sites for hydroxylation is 1. The lowest BCUT2D eigenvalue weighted by molar-refractivity contribution is 0.354. The van der Waals surface area contributed by atoms with Gasteiger partial charge in [0.1, 0.15) is 0 Å². The molecule has 0 aliphatic heterocycles. The van der Waals surface area contributed by atoms with E-state index in [-0.39, 0.29) is 6.04 Å². The summed E-state index contributed by atoms with van der Waals surface area (Å²) >= 11 is 2.32. The SMILES string of the molecule is CNC(c1ccc(I)cc1)c1cc(OC)c(OC)cc1C. The van der Waals surface area contributed by atoms with E-state index in [1.165, 1.54) is 20.3 Å². The van der Waals surface area contributed by atoms with E-state index in [4.69, 9.17) is 9.47 Å². The van der Waals surface area contributed by atoms with Crippen molar-refractivity contribution in [2.75, 3.05) is 21.3 Å². The number of hydrogen-bond acceptors (Lipinski definition) is 3. The molecule has 0 spiro atoms. The second-order valence-electron chi connectivity index (χ2n) is 4.84. The van der Waals surface area contributed by atoms with Crippen LogP contribution in [0.1, 0.15) is 22.7 Å². The zero-order valence-electron chi connectivity index (χ0n) is 12.7. The fourth-order valence-corrected chi connectivity index (χ4v) is 2.82. The number of benzene rings is 2. The normalized spacial score (nSPS) is 12.0. The van der Waals surface area contributed by atoms with Crippen LogP contribution >= 0.6 is 22.6 Å². The van der Waals surface area contributed by atoms with Gasteiger partial charge in [0, 0.05) is 3.57 Å². The Morgan fingerprint density at radius 3 is 2.10 bits per heavy atom. The summed E-state index contributed by atoms with van der Waals surface area (Å²) in [4.78, 5) is 0. The summed E-state index contributed by atoms with van der Waals surface area (Å²) in [6.45, 7) is 2.09. The average molecular weight is 397 g/mol. The molecule has 2 aromatic carbocycles. The quantitative estimate of drug-likeness (QED) is 0.776. The third kappa shape index (κ3) is 3.49. The van der Waals surface area contributed by atoms with Gasteiger partial charge in [0.15, 0.2) is 11.5 Å². The summed E-state index contributed by atoms with van der Waals surface area (Å²) in [5, 5.41) is 3.38. The predicted octanol–water partition coefficient (Wildman–Crippen LogP) is 3.93. The van der Waals surface area contributed by atoms with Gasteiger partial charge in [-0.25, -0.2) is 0 Å². The zero-order valence-corrected chi connectivity index (χ0v) is 14.9. The second kappa shape index (κ2) is 7.13. The molecule has 0 amide bonds. The van der Waals surface area contributed by atoms with Crippen molar-refractivity contribution in [3.8, 4) is 11.5 Å². The van der Waals surface area contributed by atoms with Crippen LogP contribution in [0.25, 0.3) is 0 Å². The number of rotatable bonds is 5. The van der Waals surface area contributed by atoms with E-state index in [2.05, 4.69) is 59.1 Å². The number of methoxy groups -OCH3 is 2. The van der Waals surface area contributed by atoms with Gasteiger partial charge >= 0.3 is 0 Å². The molecule has 0 aliphatic carbocycles. The van der Waals surface area contributed by atoms with Gasteiger partial charge < -0.3 is 14.8 Å². The van der Waals surface area contributed by atoms with Gasteiger partial charge in [-0.15, -0.1) is 0 Å². The minimum Gasteiger partial charge on any atom is -0.493 e. The van der Waals surface area contributed by atoms with Crippen LogP contribution in [0.4, 0.5) is 0 Å². The number of ether oxygens (including phenoxy) is 2. The van der Waals surface area contributed by atoms with Crippen molar-refractivity contribution in [3.63, 3.8) is 0 Å². The van der Waals surface area contributed by atoms with Gasteiger partial charge in [-0.3, -0.25) is 0 Å². The van der Waals surface area contributed by atoms with Crippen LogP contribution in [0.5, 0.6) is 11.5 Å². The lowest BCUT2D eigenvalue weighted by Crippen LogP contribution is -2.19. The van der Waals surface area contributed by atoms with E-state index in [0.717, 1.165) is 11.5 Å². The first-order chi connectivity index (χ1) is 10.1. The van der Waals surface area contributed by atoms with E-state index >= 15 is 0 Å². The van der Waals surface area contributed by atoms with Gasteiger partial charge in [0.25, 0.3) is 0 Å². The van der Waals surface area contributed by atoms with E-state index in [0.29, 0.717) is 0 Å². The zero-order chi connectivity index (χ0) is 15.4. The van der Waals surface area contributed by atoms with Crippen LogP contribution in [0.2, 0.25) is 0 Å². The molecule has 0 saturated heterocycles. The molecule has 2 rings (SSSR count). The minimum absolute atomic E-state index is 0.127. The highest BCUT2D eigenvalue weighted by atomic mass is 127. The molecule has 0 saturated carbocycles. The van der Waals surface area contributed by atoms with Gasteiger partial charge in [0.05, 0.1) is 20.3 Å². The van der Waals surface area contributed by atoms with Crippen molar-refractivity contribution in [2.45, 2.75) is 13.0 Å². The predicted molar refractivity (Wildman–Crippen MR) is 94.3 cm³/mol. The Labute approximate surface area is 139 Å². The Hall–Kier alpha value is -1.27. The van der Waals surface area contributed by atoms with Crippen LogP contribution in [0.3, 0.4) is 0 Å². The van der Waals surface area contributed by atoms with Crippen LogP contribution in [-0.4, -0.2) is 21.3 Å². The molecule has 0 radical (unpaired) electrons. The van der Waals surface area contributed by atoms with Crippen LogP contribution in [-0.2, 0) is 0 Å². The second-order valence-corrected chi connectivity index (χ2v) is 6.08. The molecule has 0 bridgehead atoms. The molecular formula is C17H20INO2. The molecular weight excluding hydrogens is 377 g/mol. The first-order valence-corrected chi connectivity index (χ1v) is 7.83. The Balaban J connectivity index is 2.49. The largest absolute Gasteiger partial charge is 0.493 e. The monoisotopic (exact) mass is 397 g/mol. The van der Waals surface area contributed by atoms with Gasteiger partial charge in [-0.1, -0.05) is 12.1 Å². The summed E-state index contributed by atoms with van der Waals surface area (Å²) in [7, 11) is 5.29. The maximum absolute atomic E-state index is 5.43. The molecule has 21 heavy (non-hydrogen) atoms. The van der Waals surface area contributed by atoms with Crippen molar-refractivity contribution >= 4 is 22.6 Å². The summed E-state index contributed by atoms with van der Waals surface area (Å²) < 4.78 is 12.0. The van der Waals surface area contributed by atoms with E-state index < -0.39 is 0 Å². The van der Waals surface area contributed by atoms with Crippen LogP contribution in [0.15, 0.2) is 36.4 Å². The highest BCUT2D eigenvalue weighted by Gasteiger charge is 2.17. The molecule has 0 fully saturated rings. The highest BCUT2D eigenvalue weighted by molar-refractivity contribution is 14.1. The number of nitrogens with one attached hydrogen (secondary N) is 1. The number of halogens is 1. The third-order valence-electron chi connectivity index (χ3n) is 3.58. The maximum Gasteiger partial charge on any atom is 0.161 e. The molecule has 112 valence electrons. The molecule has 0 heterocycles. The minimum atomic E-state index is 0.127. The molecule has 1 unspecified atom stereocenters. The highest BCUT2D eigenvalue weighted by Crippen LogP contribution is 2.35. The van der Waals surface area contributed by atoms with Crippen molar-refractivity contribution < 1.29 is 9.47 Å². The molecule has 4 heteroatoms. The first kappa shape index (κ1) is 16.1. The Kier molecular flexibility index (Phi) is 5.47. The smallest absolute Gasteiger partial charge is 0.161 e. The summed E-state index contributed by atoms with van der Waals surface area (Å²) in [6.07, 6.45) is 0. The molecule has 0 aromatic heterocycles. The Bertz CT molecular complexity index is 611. The molecule has 3 nitrogen and oxygen atoms in total. The van der Waals surface area contributed by atoms with Crippen molar-refractivity contribution in [2.24, 2.45) is 0 Å². The van der Waals surface area contributed by atoms with E-state index in [1.54, 1.807) is 14.2 Å². The summed E-state index contributed by atoms with van der Waals surface area (Å²) in [5.41, 5.74) is 3.59. The molecule has 2 aromatic rings. The van der Waals surface area contributed by atoms with E-state index in [1.807, 2.05) is 19.2 Å². The van der Waals surface area contributed by atoms with Crippen molar-refractivity contribution in [1.29, 1.82) is 0 Å². The van der Waals surface area contributed by atoms with Crippen LogP contribution in [0, 0.1) is 10.5 Å². The lowest BCUT2D eigenvalue weighted by atomic mass is 9.94. The summed E-state index contributed by atoms with van der Waals surface area (Å²) in [6, 6.07) is 12.7. The topological polar surface area (TPSA) is 30.5 Å². The number of hydrogen-bond donors (Lipinski definition) is 1. The Morgan fingerprint density at radius 2 is 1.57 bits per heavy atom. The fourth-order valence-electron chi connectivity index (χ4n) is 2.46. The summed E-state index contributed by atoms with van der Waals surface area (Å²) in [5.74, 6) is 1.51.